The number of rotatable bonds is 3. The fraction of sp³-hybridized carbons (Fsp3) is 0.375. The van der Waals surface area contributed by atoms with Gasteiger partial charge in [0, 0.05) is 11.8 Å². The number of carbonyl (C=O) groups is 1. The highest BCUT2D eigenvalue weighted by Gasteiger charge is 2.26. The molecule has 5 nitrogen and oxygen atoms in total. The molecule has 0 fully saturated rings. The van der Waals surface area contributed by atoms with Gasteiger partial charge in [-0.25, -0.2) is 0 Å². The van der Waals surface area contributed by atoms with Crippen molar-refractivity contribution < 1.29 is 9.53 Å². The molecule has 1 aromatic carbocycles. The molecule has 0 radical (unpaired) electrons. The summed E-state index contributed by atoms with van der Waals surface area (Å²) in [4.78, 5) is 12.3. The monoisotopic (exact) mass is 285 g/mol. The maximum absolute atomic E-state index is 12.3. The first-order valence-electron chi connectivity index (χ1n) is 7.20. The smallest absolute Gasteiger partial charge is 0.232 e. The number of nitrogens with zero attached hydrogens (tertiary/aromatic N) is 1. The Morgan fingerprint density at radius 2 is 2.24 bits per heavy atom. The van der Waals surface area contributed by atoms with E-state index < -0.39 is 0 Å². The second-order valence-corrected chi connectivity index (χ2v) is 5.67. The van der Waals surface area contributed by atoms with E-state index in [1.54, 1.807) is 0 Å². The fourth-order valence-corrected chi connectivity index (χ4v) is 2.42. The van der Waals surface area contributed by atoms with Crippen LogP contribution in [0.1, 0.15) is 31.0 Å². The van der Waals surface area contributed by atoms with Gasteiger partial charge in [0.1, 0.15) is 12.4 Å². The van der Waals surface area contributed by atoms with Crippen LogP contribution >= 0.6 is 0 Å². The van der Waals surface area contributed by atoms with Gasteiger partial charge >= 0.3 is 0 Å². The van der Waals surface area contributed by atoms with Crippen molar-refractivity contribution in [3.05, 3.63) is 41.6 Å². The number of aromatic amines is 1. The van der Waals surface area contributed by atoms with Gasteiger partial charge < -0.3 is 10.1 Å². The molecule has 0 bridgehead atoms. The Morgan fingerprint density at radius 1 is 1.43 bits per heavy atom. The Kier molecular flexibility index (Phi) is 3.64. The van der Waals surface area contributed by atoms with E-state index in [0.717, 1.165) is 17.0 Å². The molecule has 5 heteroatoms. The highest BCUT2D eigenvalue weighted by Crippen LogP contribution is 2.27. The molecule has 0 aliphatic carbocycles. The average molecular weight is 285 g/mol. The van der Waals surface area contributed by atoms with Crippen molar-refractivity contribution >= 4 is 11.7 Å². The van der Waals surface area contributed by atoms with Crippen LogP contribution in [0.15, 0.2) is 30.3 Å². The zero-order chi connectivity index (χ0) is 14.8. The van der Waals surface area contributed by atoms with Crippen LogP contribution in [0.25, 0.3) is 0 Å². The summed E-state index contributed by atoms with van der Waals surface area (Å²) < 4.78 is 5.65. The van der Waals surface area contributed by atoms with Gasteiger partial charge in [0.2, 0.25) is 5.91 Å². The minimum atomic E-state index is -0.181. The summed E-state index contributed by atoms with van der Waals surface area (Å²) >= 11 is 0. The normalized spacial score (nSPS) is 17.2. The second kappa shape index (κ2) is 5.60. The quantitative estimate of drug-likeness (QED) is 0.911. The molecule has 1 aromatic heterocycles. The molecule has 3 rings (SSSR count). The molecular formula is C16H19N3O2. The van der Waals surface area contributed by atoms with Crippen molar-refractivity contribution in [3.8, 4) is 5.75 Å². The number of para-hydroxylation sites is 1. The maximum atomic E-state index is 12.3. The molecule has 1 unspecified atom stereocenters. The first-order valence-corrected chi connectivity index (χ1v) is 7.20. The summed E-state index contributed by atoms with van der Waals surface area (Å²) in [5, 5.41) is 9.91. The van der Waals surface area contributed by atoms with Crippen LogP contribution in [-0.2, 0) is 11.2 Å². The zero-order valence-corrected chi connectivity index (χ0v) is 12.2. The number of hydrogen-bond donors (Lipinski definition) is 2. The summed E-state index contributed by atoms with van der Waals surface area (Å²) in [6.07, 6.45) is 0.698. The summed E-state index contributed by atoms with van der Waals surface area (Å²) in [7, 11) is 0. The van der Waals surface area contributed by atoms with E-state index in [1.165, 1.54) is 0 Å². The molecule has 2 N–H and O–H groups in total. The van der Waals surface area contributed by atoms with Crippen LogP contribution in [-0.4, -0.2) is 22.7 Å². The molecule has 21 heavy (non-hydrogen) atoms. The number of carbonyl (C=O) groups excluding carboxylic acids is 1. The summed E-state index contributed by atoms with van der Waals surface area (Å²) in [6, 6.07) is 9.72. The van der Waals surface area contributed by atoms with Crippen molar-refractivity contribution in [1.82, 2.24) is 10.2 Å². The molecule has 1 atom stereocenters. The predicted octanol–water partition coefficient (Wildman–Crippen LogP) is 2.72. The van der Waals surface area contributed by atoms with E-state index in [-0.39, 0.29) is 11.8 Å². The van der Waals surface area contributed by atoms with E-state index in [2.05, 4.69) is 29.4 Å². The topological polar surface area (TPSA) is 67.0 Å². The molecular weight excluding hydrogens is 266 g/mol. The minimum Gasteiger partial charge on any atom is -0.492 e. The summed E-state index contributed by atoms with van der Waals surface area (Å²) in [5.74, 6) is 1.57. The van der Waals surface area contributed by atoms with Crippen molar-refractivity contribution in [1.29, 1.82) is 0 Å². The van der Waals surface area contributed by atoms with Gasteiger partial charge in [-0.1, -0.05) is 32.0 Å². The van der Waals surface area contributed by atoms with Crippen molar-refractivity contribution in [2.75, 3.05) is 11.9 Å². The lowest BCUT2D eigenvalue weighted by molar-refractivity contribution is -0.121. The zero-order valence-electron chi connectivity index (χ0n) is 12.2. The molecule has 1 aliphatic rings. The lowest BCUT2D eigenvalue weighted by atomic mass is 9.96. The first-order chi connectivity index (χ1) is 10.1. The Hall–Kier alpha value is -2.30. The number of benzene rings is 1. The van der Waals surface area contributed by atoms with Crippen LogP contribution in [0, 0.1) is 5.92 Å². The van der Waals surface area contributed by atoms with Crippen molar-refractivity contribution in [2.24, 2.45) is 5.92 Å². The Morgan fingerprint density at radius 3 is 3.00 bits per heavy atom. The third-order valence-corrected chi connectivity index (χ3v) is 3.72. The number of fused-ring (bicyclic) bond motifs is 1. The average Bonchev–Trinajstić information content (AvgIpc) is 2.95. The number of amides is 1. The molecule has 110 valence electrons. The van der Waals surface area contributed by atoms with Crippen LogP contribution in [0.2, 0.25) is 0 Å². The lowest BCUT2D eigenvalue weighted by Crippen LogP contribution is -2.32. The molecule has 2 aromatic rings. The largest absolute Gasteiger partial charge is 0.492 e. The molecule has 1 amide bonds. The third-order valence-electron chi connectivity index (χ3n) is 3.72. The Balaban J connectivity index is 1.66. The van der Waals surface area contributed by atoms with Gasteiger partial charge in [-0.15, -0.1) is 0 Å². The number of nitrogens with one attached hydrogen (secondary N) is 2. The fourth-order valence-electron chi connectivity index (χ4n) is 2.42. The molecule has 2 heterocycles. The van der Waals surface area contributed by atoms with Gasteiger partial charge in [0.25, 0.3) is 0 Å². The maximum Gasteiger partial charge on any atom is 0.232 e. The lowest BCUT2D eigenvalue weighted by Gasteiger charge is -2.24. The van der Waals surface area contributed by atoms with E-state index in [1.807, 2.05) is 30.3 Å². The number of hydrogen-bond acceptors (Lipinski definition) is 3. The number of H-pyrrole nitrogens is 1. The molecule has 0 spiro atoms. The van der Waals surface area contributed by atoms with E-state index >= 15 is 0 Å². The van der Waals surface area contributed by atoms with Crippen molar-refractivity contribution in [2.45, 2.75) is 26.2 Å². The van der Waals surface area contributed by atoms with Crippen LogP contribution < -0.4 is 10.1 Å². The molecule has 1 aliphatic heterocycles. The van der Waals surface area contributed by atoms with Gasteiger partial charge in [-0.05, 0) is 24.0 Å². The van der Waals surface area contributed by atoms with Gasteiger partial charge in [-0.2, -0.15) is 5.10 Å². The Labute approximate surface area is 123 Å². The minimum absolute atomic E-state index is 0.0497. The predicted molar refractivity (Wildman–Crippen MR) is 80.4 cm³/mol. The second-order valence-electron chi connectivity index (χ2n) is 5.67. The molecule has 0 saturated heterocycles. The van der Waals surface area contributed by atoms with E-state index in [0.29, 0.717) is 24.8 Å². The van der Waals surface area contributed by atoms with Crippen LogP contribution in [0.5, 0.6) is 5.75 Å². The first kappa shape index (κ1) is 13.7. The van der Waals surface area contributed by atoms with Crippen LogP contribution in [0.3, 0.4) is 0 Å². The number of aromatic nitrogens is 2. The van der Waals surface area contributed by atoms with Gasteiger partial charge in [0.15, 0.2) is 5.82 Å². The van der Waals surface area contributed by atoms with E-state index in [4.69, 9.17) is 4.74 Å². The summed E-state index contributed by atoms with van der Waals surface area (Å²) in [6.45, 7) is 4.56. The van der Waals surface area contributed by atoms with Crippen LogP contribution in [0.4, 0.5) is 5.82 Å². The number of ether oxygens (including phenoxy) is 1. The molecule has 0 saturated carbocycles. The number of anilines is 1. The summed E-state index contributed by atoms with van der Waals surface area (Å²) in [5.41, 5.74) is 2.09. The third kappa shape index (κ3) is 2.91. The highest BCUT2D eigenvalue weighted by molar-refractivity contribution is 5.92. The van der Waals surface area contributed by atoms with E-state index in [9.17, 15) is 4.79 Å². The highest BCUT2D eigenvalue weighted by atomic mass is 16.5. The SMILES string of the molecule is CC(C)c1cc(NC(=O)C2COc3ccccc3C2)n[nH]1. The standard InChI is InChI=1S/C16H19N3O2/c1-10(2)13-8-15(19-18-13)17-16(20)12-7-11-5-3-4-6-14(11)21-9-12/h3-6,8,10,12H,7,9H2,1-2H3,(H2,17,18,19,20). The van der Waals surface area contributed by atoms with Gasteiger partial charge in [0.05, 0.1) is 5.92 Å². The van der Waals surface area contributed by atoms with Gasteiger partial charge in [-0.3, -0.25) is 9.89 Å². The van der Waals surface area contributed by atoms with Crippen molar-refractivity contribution in [3.63, 3.8) is 0 Å². The Bertz CT molecular complexity index is 648.